The molecule has 0 radical (unpaired) electrons. The van der Waals surface area contributed by atoms with Gasteiger partial charge in [0.2, 0.25) is 0 Å². The van der Waals surface area contributed by atoms with Crippen LogP contribution in [0.3, 0.4) is 0 Å². The molecule has 0 spiro atoms. The van der Waals surface area contributed by atoms with Crippen molar-refractivity contribution in [2.24, 2.45) is 0 Å². The van der Waals surface area contributed by atoms with Gasteiger partial charge in [-0.25, -0.2) is 0 Å². The van der Waals surface area contributed by atoms with Gasteiger partial charge in [0.25, 0.3) is 0 Å². The number of para-hydroxylation sites is 3. The fourth-order valence-electron chi connectivity index (χ4n) is 8.23. The third-order valence-corrected chi connectivity index (χ3v) is 10.8. The minimum Gasteiger partial charge on any atom is -0.361 e. The third-order valence-electron chi connectivity index (χ3n) is 10.8. The monoisotopic (exact) mass is 615 g/mol. The highest BCUT2D eigenvalue weighted by Gasteiger charge is 2.41. The van der Waals surface area contributed by atoms with Gasteiger partial charge in [-0.05, 0) is 89.2 Å². The van der Waals surface area contributed by atoms with Crippen LogP contribution in [0.5, 0.6) is 0 Å². The molecule has 5 aromatic carbocycles. The first kappa shape index (κ1) is 28.1. The van der Waals surface area contributed by atoms with Crippen LogP contribution in [0.15, 0.2) is 116 Å². The van der Waals surface area contributed by atoms with Crippen LogP contribution in [0.4, 0.5) is 22.7 Å². The quantitative estimate of drug-likeness (QED) is 0.197. The second kappa shape index (κ2) is 9.68. The number of hydrogen-bond donors (Lipinski definition) is 0. The maximum absolute atomic E-state index is 2.54. The molecule has 3 aliphatic rings. The Bertz CT molecular complexity index is 2270. The SMILES string of the molecule is CN1C=CN(c2cccc(C3(C)c4cc(N5CN(C)c6ccccc65)ccc4-n4c5ccc(C(C)(C)C)cc5c5cccc3c54)c2)C1. The molecule has 0 amide bonds. The zero-order valence-electron chi connectivity index (χ0n) is 28.1. The van der Waals surface area contributed by atoms with Crippen LogP contribution in [-0.4, -0.2) is 36.9 Å². The van der Waals surface area contributed by atoms with E-state index in [1.54, 1.807) is 0 Å². The highest BCUT2D eigenvalue weighted by Crippen LogP contribution is 2.53. The van der Waals surface area contributed by atoms with Crippen LogP contribution in [0.2, 0.25) is 0 Å². The van der Waals surface area contributed by atoms with E-state index in [0.29, 0.717) is 0 Å². The summed E-state index contributed by atoms with van der Waals surface area (Å²) in [6.07, 6.45) is 4.33. The summed E-state index contributed by atoms with van der Waals surface area (Å²) in [6.45, 7) is 11.0. The highest BCUT2D eigenvalue weighted by molar-refractivity contribution is 6.12. The lowest BCUT2D eigenvalue weighted by Gasteiger charge is -2.39. The van der Waals surface area contributed by atoms with Crippen molar-refractivity contribution in [3.05, 3.63) is 138 Å². The van der Waals surface area contributed by atoms with E-state index < -0.39 is 5.41 Å². The number of nitrogens with zero attached hydrogens (tertiary/aromatic N) is 5. The number of anilines is 4. The molecule has 4 heterocycles. The van der Waals surface area contributed by atoms with Gasteiger partial charge in [-0.15, -0.1) is 0 Å². The van der Waals surface area contributed by atoms with Crippen molar-refractivity contribution in [1.82, 2.24) is 9.47 Å². The molecule has 0 saturated heterocycles. The Hall–Kier alpha value is -5.16. The van der Waals surface area contributed by atoms with Crippen LogP contribution in [-0.2, 0) is 10.8 Å². The Labute approximate surface area is 277 Å². The average molecular weight is 616 g/mol. The Morgan fingerprint density at radius 3 is 2.23 bits per heavy atom. The number of benzene rings is 5. The van der Waals surface area contributed by atoms with Crippen LogP contribution < -0.4 is 14.7 Å². The number of hydrogen-bond acceptors (Lipinski definition) is 4. The Morgan fingerprint density at radius 1 is 0.638 bits per heavy atom. The molecule has 6 aromatic rings. The molecule has 1 unspecified atom stereocenters. The number of rotatable bonds is 3. The van der Waals surface area contributed by atoms with Crippen molar-refractivity contribution in [3.63, 3.8) is 0 Å². The van der Waals surface area contributed by atoms with E-state index in [1.807, 2.05) is 0 Å². The molecular weight excluding hydrogens is 574 g/mol. The van der Waals surface area contributed by atoms with E-state index >= 15 is 0 Å². The molecular formula is C42H41N5. The van der Waals surface area contributed by atoms with Gasteiger partial charge >= 0.3 is 0 Å². The Kier molecular flexibility index (Phi) is 5.78. The molecule has 0 aliphatic carbocycles. The summed E-state index contributed by atoms with van der Waals surface area (Å²) < 4.78 is 2.54. The van der Waals surface area contributed by atoms with Crippen LogP contribution in [0.25, 0.3) is 27.5 Å². The van der Waals surface area contributed by atoms with E-state index in [-0.39, 0.29) is 5.41 Å². The molecule has 5 heteroatoms. The summed E-state index contributed by atoms with van der Waals surface area (Å²) in [6, 6.07) is 39.2. The first-order valence-corrected chi connectivity index (χ1v) is 16.7. The van der Waals surface area contributed by atoms with Gasteiger partial charge in [0.15, 0.2) is 0 Å². The van der Waals surface area contributed by atoms with Gasteiger partial charge in [0.05, 0.1) is 41.4 Å². The predicted octanol–water partition coefficient (Wildman–Crippen LogP) is 9.47. The molecule has 9 rings (SSSR count). The number of aromatic nitrogens is 1. The summed E-state index contributed by atoms with van der Waals surface area (Å²) in [4.78, 5) is 9.34. The fourth-order valence-corrected chi connectivity index (χ4v) is 8.23. The highest BCUT2D eigenvalue weighted by atomic mass is 15.4. The van der Waals surface area contributed by atoms with Crippen molar-refractivity contribution in [2.75, 3.05) is 42.1 Å². The van der Waals surface area contributed by atoms with Gasteiger partial charge in [-0.3, -0.25) is 0 Å². The minimum absolute atomic E-state index is 0.0689. The van der Waals surface area contributed by atoms with Gasteiger partial charge in [0, 0.05) is 54.1 Å². The minimum atomic E-state index is -0.390. The zero-order chi connectivity index (χ0) is 32.2. The maximum atomic E-state index is 2.54. The first-order valence-electron chi connectivity index (χ1n) is 16.7. The van der Waals surface area contributed by atoms with E-state index in [2.05, 4.69) is 181 Å². The summed E-state index contributed by atoms with van der Waals surface area (Å²) >= 11 is 0. The van der Waals surface area contributed by atoms with E-state index in [9.17, 15) is 0 Å². The molecule has 1 atom stereocenters. The summed E-state index contributed by atoms with van der Waals surface area (Å²) in [7, 11) is 4.31. The van der Waals surface area contributed by atoms with Gasteiger partial charge < -0.3 is 24.2 Å². The van der Waals surface area contributed by atoms with Gasteiger partial charge in [-0.1, -0.05) is 69.3 Å². The van der Waals surface area contributed by atoms with Crippen molar-refractivity contribution < 1.29 is 0 Å². The van der Waals surface area contributed by atoms with E-state index in [4.69, 9.17) is 0 Å². The lowest BCUT2D eigenvalue weighted by Crippen LogP contribution is -2.32. The predicted molar refractivity (Wildman–Crippen MR) is 198 cm³/mol. The second-order valence-corrected chi connectivity index (χ2v) is 14.8. The molecule has 1 aromatic heterocycles. The van der Waals surface area contributed by atoms with Crippen LogP contribution in [0, 0.1) is 0 Å². The molecule has 0 N–H and O–H groups in total. The maximum Gasteiger partial charge on any atom is 0.0950 e. The lowest BCUT2D eigenvalue weighted by atomic mass is 9.68. The molecule has 0 fully saturated rings. The Morgan fingerprint density at radius 2 is 1.45 bits per heavy atom. The zero-order valence-corrected chi connectivity index (χ0v) is 28.1. The number of fused-ring (bicyclic) bond motifs is 6. The average Bonchev–Trinajstić information content (AvgIpc) is 3.77. The topological polar surface area (TPSA) is 17.9 Å². The molecule has 0 saturated carbocycles. The lowest BCUT2D eigenvalue weighted by molar-refractivity contribution is 0.495. The van der Waals surface area contributed by atoms with Crippen LogP contribution in [0.1, 0.15) is 49.9 Å². The molecule has 234 valence electrons. The second-order valence-electron chi connectivity index (χ2n) is 14.8. The molecule has 5 nitrogen and oxygen atoms in total. The fraction of sp³-hybridized carbons (Fsp3) is 0.238. The summed E-state index contributed by atoms with van der Waals surface area (Å²) in [5.41, 5.74) is 13.8. The Balaban J connectivity index is 1.33. The molecule has 47 heavy (non-hydrogen) atoms. The largest absolute Gasteiger partial charge is 0.361 e. The van der Waals surface area contributed by atoms with E-state index in [1.165, 1.54) is 72.5 Å². The summed E-state index contributed by atoms with van der Waals surface area (Å²) in [5, 5.41) is 2.64. The van der Waals surface area contributed by atoms with Crippen molar-refractivity contribution in [2.45, 2.75) is 38.5 Å². The standard InChI is InChI=1S/C42H41N5/c1-41(2,3)28-17-19-36-33(24-28)32-13-10-14-34-40(32)47(36)37-20-18-31(46-27-44(6)38-15-7-8-16-39(38)46)25-35(37)42(34,4)29-11-9-12-30(23-29)45-22-21-43(5)26-45/h7-25H,26-27H2,1-6H3. The third kappa shape index (κ3) is 3.95. The first-order chi connectivity index (χ1) is 22.6. The normalized spacial score (nSPS) is 18.5. The van der Waals surface area contributed by atoms with Crippen LogP contribution >= 0.6 is 0 Å². The molecule has 3 aliphatic heterocycles. The van der Waals surface area contributed by atoms with Crippen molar-refractivity contribution >= 4 is 44.6 Å². The smallest absolute Gasteiger partial charge is 0.0950 e. The van der Waals surface area contributed by atoms with Gasteiger partial charge in [0.1, 0.15) is 0 Å². The van der Waals surface area contributed by atoms with E-state index in [0.717, 1.165) is 13.3 Å². The summed E-state index contributed by atoms with van der Waals surface area (Å²) in [5.74, 6) is 0. The van der Waals surface area contributed by atoms with Crippen molar-refractivity contribution in [3.8, 4) is 5.69 Å². The van der Waals surface area contributed by atoms with Crippen molar-refractivity contribution in [1.29, 1.82) is 0 Å². The van der Waals surface area contributed by atoms with Gasteiger partial charge in [-0.2, -0.15) is 0 Å². The molecule has 0 bridgehead atoms.